The molecule has 15 heavy (non-hydrogen) atoms. The molecule has 1 N–H and O–H groups in total. The smallest absolute Gasteiger partial charge is 0.229 e. The monoisotopic (exact) mass is 207 g/mol. The molecule has 2 bridgehead atoms. The summed E-state index contributed by atoms with van der Waals surface area (Å²) >= 11 is 0. The summed E-state index contributed by atoms with van der Waals surface area (Å²) in [6, 6.07) is 0. The Morgan fingerprint density at radius 1 is 1.33 bits per heavy atom. The molecule has 1 saturated heterocycles. The number of imide groups is 1. The molecule has 1 heterocycles. The molecule has 2 saturated carbocycles. The minimum absolute atomic E-state index is 0.0301. The highest BCUT2D eigenvalue weighted by atomic mass is 16.2. The number of nitrogens with one attached hydrogen (secondary N) is 1. The molecule has 0 aromatic rings. The lowest BCUT2D eigenvalue weighted by atomic mass is 9.61. The first kappa shape index (κ1) is 9.37. The van der Waals surface area contributed by atoms with Crippen LogP contribution in [0.3, 0.4) is 0 Å². The summed E-state index contributed by atoms with van der Waals surface area (Å²) in [4.78, 5) is 23.2. The zero-order valence-corrected chi connectivity index (χ0v) is 9.08. The summed E-state index contributed by atoms with van der Waals surface area (Å²) in [5, 5.41) is 2.46. The van der Waals surface area contributed by atoms with E-state index in [4.69, 9.17) is 0 Å². The molecule has 3 nitrogen and oxygen atoms in total. The van der Waals surface area contributed by atoms with Crippen molar-refractivity contribution in [2.45, 2.75) is 39.0 Å². The number of fused-ring (bicyclic) bond motifs is 3. The van der Waals surface area contributed by atoms with Gasteiger partial charge >= 0.3 is 0 Å². The van der Waals surface area contributed by atoms with Crippen molar-refractivity contribution in [2.75, 3.05) is 0 Å². The molecular formula is C12H17NO2. The Bertz CT molecular complexity index is 339. The normalized spacial score (nSPS) is 48.7. The summed E-state index contributed by atoms with van der Waals surface area (Å²) in [5.41, 5.74) is 0.0301. The standard InChI is InChI=1S/C12H17NO2/c1-7-11(15)13-10(14)6-12(7)5-8-2-3-9(12)4-8/h7-9H,2-6H2,1H3,(H,13,14,15). The van der Waals surface area contributed by atoms with Crippen LogP contribution in [-0.4, -0.2) is 11.8 Å². The second kappa shape index (κ2) is 2.83. The Hall–Kier alpha value is -0.860. The summed E-state index contributed by atoms with van der Waals surface area (Å²) in [7, 11) is 0. The van der Waals surface area contributed by atoms with E-state index in [1.165, 1.54) is 19.3 Å². The molecule has 3 rings (SSSR count). The quantitative estimate of drug-likeness (QED) is 0.611. The fraction of sp³-hybridized carbons (Fsp3) is 0.833. The van der Waals surface area contributed by atoms with Crippen LogP contribution in [0.2, 0.25) is 0 Å². The van der Waals surface area contributed by atoms with Crippen LogP contribution in [0, 0.1) is 23.2 Å². The predicted octanol–water partition coefficient (Wildman–Crippen LogP) is 1.48. The van der Waals surface area contributed by atoms with Gasteiger partial charge in [0.05, 0.1) is 0 Å². The van der Waals surface area contributed by atoms with E-state index in [1.54, 1.807) is 0 Å². The summed E-state index contributed by atoms with van der Waals surface area (Å²) in [6.07, 6.45) is 5.49. The predicted molar refractivity (Wildman–Crippen MR) is 54.8 cm³/mol. The molecule has 1 aliphatic heterocycles. The largest absolute Gasteiger partial charge is 0.296 e. The average molecular weight is 207 g/mol. The van der Waals surface area contributed by atoms with Gasteiger partial charge in [-0.2, -0.15) is 0 Å². The summed E-state index contributed by atoms with van der Waals surface area (Å²) in [5.74, 6) is 1.36. The lowest BCUT2D eigenvalue weighted by Crippen LogP contribution is -2.53. The van der Waals surface area contributed by atoms with Crippen molar-refractivity contribution in [3.8, 4) is 0 Å². The van der Waals surface area contributed by atoms with Gasteiger partial charge in [0.25, 0.3) is 0 Å². The Morgan fingerprint density at radius 3 is 2.73 bits per heavy atom. The third-order valence-electron chi connectivity index (χ3n) is 5.03. The number of carbonyl (C=O) groups is 2. The molecule has 3 fully saturated rings. The maximum atomic E-state index is 11.7. The molecule has 0 aromatic carbocycles. The van der Waals surface area contributed by atoms with Crippen molar-refractivity contribution in [1.82, 2.24) is 5.32 Å². The first-order valence-electron chi connectivity index (χ1n) is 5.95. The minimum atomic E-state index is -0.0503. The molecule has 1 spiro atoms. The first-order valence-corrected chi connectivity index (χ1v) is 5.95. The van der Waals surface area contributed by atoms with Crippen molar-refractivity contribution >= 4 is 11.8 Å². The van der Waals surface area contributed by atoms with Gasteiger partial charge in [0, 0.05) is 12.3 Å². The van der Waals surface area contributed by atoms with Crippen molar-refractivity contribution in [3.05, 3.63) is 0 Å². The van der Waals surface area contributed by atoms with E-state index in [1.807, 2.05) is 6.92 Å². The highest BCUT2D eigenvalue weighted by Gasteiger charge is 2.57. The number of hydrogen-bond acceptors (Lipinski definition) is 2. The third-order valence-corrected chi connectivity index (χ3v) is 5.03. The second-order valence-corrected chi connectivity index (χ2v) is 5.62. The van der Waals surface area contributed by atoms with Gasteiger partial charge in [-0.25, -0.2) is 0 Å². The topological polar surface area (TPSA) is 46.2 Å². The van der Waals surface area contributed by atoms with Gasteiger partial charge in [0.15, 0.2) is 0 Å². The van der Waals surface area contributed by atoms with E-state index in [-0.39, 0.29) is 23.1 Å². The Labute approximate surface area is 89.6 Å². The van der Waals surface area contributed by atoms with Crippen molar-refractivity contribution in [1.29, 1.82) is 0 Å². The zero-order chi connectivity index (χ0) is 10.6. The number of rotatable bonds is 0. The van der Waals surface area contributed by atoms with Gasteiger partial charge in [0.2, 0.25) is 11.8 Å². The molecule has 4 unspecified atom stereocenters. The van der Waals surface area contributed by atoms with E-state index in [0.29, 0.717) is 12.3 Å². The molecule has 2 aliphatic carbocycles. The number of hydrogen-bond donors (Lipinski definition) is 1. The Kier molecular flexibility index (Phi) is 1.77. The number of amides is 2. The summed E-state index contributed by atoms with van der Waals surface area (Å²) < 4.78 is 0. The third kappa shape index (κ3) is 1.12. The Balaban J connectivity index is 1.96. The van der Waals surface area contributed by atoms with Gasteiger partial charge in [0.1, 0.15) is 0 Å². The fourth-order valence-corrected chi connectivity index (χ4v) is 4.24. The molecule has 2 amide bonds. The van der Waals surface area contributed by atoms with Crippen molar-refractivity contribution < 1.29 is 9.59 Å². The van der Waals surface area contributed by atoms with E-state index >= 15 is 0 Å². The van der Waals surface area contributed by atoms with E-state index in [0.717, 1.165) is 12.3 Å². The van der Waals surface area contributed by atoms with E-state index in [9.17, 15) is 9.59 Å². The van der Waals surface area contributed by atoms with Crippen LogP contribution in [0.15, 0.2) is 0 Å². The maximum Gasteiger partial charge on any atom is 0.229 e. The maximum absolute atomic E-state index is 11.7. The SMILES string of the molecule is CC1C(=O)NC(=O)CC12CC1CCC2C1. The molecule has 0 radical (unpaired) electrons. The first-order chi connectivity index (χ1) is 7.12. The van der Waals surface area contributed by atoms with Crippen molar-refractivity contribution in [2.24, 2.45) is 23.2 Å². The van der Waals surface area contributed by atoms with Crippen LogP contribution < -0.4 is 5.32 Å². The van der Waals surface area contributed by atoms with Crippen LogP contribution in [0.1, 0.15) is 39.0 Å². The average Bonchev–Trinajstić information content (AvgIpc) is 2.74. The lowest BCUT2D eigenvalue weighted by Gasteiger charge is -2.44. The van der Waals surface area contributed by atoms with E-state index < -0.39 is 0 Å². The molecule has 4 atom stereocenters. The number of carbonyl (C=O) groups excluding carboxylic acids is 2. The van der Waals surface area contributed by atoms with Gasteiger partial charge < -0.3 is 0 Å². The van der Waals surface area contributed by atoms with Crippen LogP contribution in [0.4, 0.5) is 0 Å². The van der Waals surface area contributed by atoms with Gasteiger partial charge in [-0.15, -0.1) is 0 Å². The second-order valence-electron chi connectivity index (χ2n) is 5.62. The van der Waals surface area contributed by atoms with Crippen molar-refractivity contribution in [3.63, 3.8) is 0 Å². The summed E-state index contributed by atoms with van der Waals surface area (Å²) in [6.45, 7) is 2.00. The highest BCUT2D eigenvalue weighted by molar-refractivity contribution is 5.99. The van der Waals surface area contributed by atoms with Crippen LogP contribution in [0.25, 0.3) is 0 Å². The minimum Gasteiger partial charge on any atom is -0.296 e. The molecular weight excluding hydrogens is 190 g/mol. The fourth-order valence-electron chi connectivity index (χ4n) is 4.24. The lowest BCUT2D eigenvalue weighted by molar-refractivity contribution is -0.145. The van der Waals surface area contributed by atoms with Gasteiger partial charge in [-0.1, -0.05) is 13.3 Å². The molecule has 0 aromatic heterocycles. The van der Waals surface area contributed by atoms with Crippen LogP contribution in [0.5, 0.6) is 0 Å². The molecule has 3 heteroatoms. The number of piperidine rings is 1. The Morgan fingerprint density at radius 2 is 2.13 bits per heavy atom. The highest BCUT2D eigenvalue weighted by Crippen LogP contribution is 2.61. The van der Waals surface area contributed by atoms with Gasteiger partial charge in [-0.3, -0.25) is 14.9 Å². The van der Waals surface area contributed by atoms with Gasteiger partial charge in [-0.05, 0) is 36.5 Å². The molecule has 82 valence electrons. The molecule has 3 aliphatic rings. The van der Waals surface area contributed by atoms with E-state index in [2.05, 4.69) is 5.32 Å². The van der Waals surface area contributed by atoms with Crippen LogP contribution in [-0.2, 0) is 9.59 Å². The zero-order valence-electron chi connectivity index (χ0n) is 9.08. The van der Waals surface area contributed by atoms with Crippen LogP contribution >= 0.6 is 0 Å².